The molecule has 5 nitrogen and oxygen atoms in total. The lowest BCUT2D eigenvalue weighted by Crippen LogP contribution is -1.82. The van der Waals surface area contributed by atoms with Crippen molar-refractivity contribution in [2.45, 2.75) is 11.1 Å². The van der Waals surface area contributed by atoms with Crippen LogP contribution in [0.1, 0.15) is 12.5 Å². The summed E-state index contributed by atoms with van der Waals surface area (Å²) in [6.07, 6.45) is 1.21. The van der Waals surface area contributed by atoms with Gasteiger partial charge in [0.2, 0.25) is 0 Å². The van der Waals surface area contributed by atoms with Crippen LogP contribution in [-0.4, -0.2) is 22.1 Å². The first-order chi connectivity index (χ1) is 6.69. The van der Waals surface area contributed by atoms with Crippen molar-refractivity contribution in [2.75, 3.05) is 5.75 Å². The van der Waals surface area contributed by atoms with Crippen LogP contribution >= 0.6 is 23.1 Å². The molecule has 1 aromatic rings. The van der Waals surface area contributed by atoms with E-state index in [4.69, 9.17) is 5.21 Å². The van der Waals surface area contributed by atoms with E-state index in [-0.39, 0.29) is 5.00 Å². The molecule has 0 fully saturated rings. The number of nitro groups is 1. The van der Waals surface area contributed by atoms with Crippen LogP contribution < -0.4 is 0 Å². The maximum absolute atomic E-state index is 10.5. The minimum atomic E-state index is -0.445. The predicted molar refractivity (Wildman–Crippen MR) is 56.8 cm³/mol. The Hall–Kier alpha value is -1.08. The zero-order valence-corrected chi connectivity index (χ0v) is 8.97. The molecule has 0 aliphatic carbocycles. The Kier molecular flexibility index (Phi) is 3.90. The molecule has 0 aliphatic heterocycles. The molecule has 0 spiro atoms. The molecule has 0 amide bonds. The molecular weight excluding hydrogens is 224 g/mol. The van der Waals surface area contributed by atoms with Crippen LogP contribution in [0.2, 0.25) is 0 Å². The van der Waals surface area contributed by atoms with Gasteiger partial charge in [-0.2, -0.15) is 0 Å². The van der Waals surface area contributed by atoms with Gasteiger partial charge in [-0.1, -0.05) is 23.4 Å². The van der Waals surface area contributed by atoms with Gasteiger partial charge in [-0.05, 0) is 5.75 Å². The van der Waals surface area contributed by atoms with Crippen molar-refractivity contribution in [3.63, 3.8) is 0 Å². The molecule has 0 bridgehead atoms. The molecule has 0 unspecified atom stereocenters. The summed E-state index contributed by atoms with van der Waals surface area (Å²) in [4.78, 5) is 10.0. The summed E-state index contributed by atoms with van der Waals surface area (Å²) < 4.78 is 0.803. The second-order valence-corrected chi connectivity index (χ2v) is 4.83. The van der Waals surface area contributed by atoms with Crippen LogP contribution in [0.15, 0.2) is 15.4 Å². The number of nitrogens with zero attached hydrogens (tertiary/aromatic N) is 2. The first-order valence-corrected chi connectivity index (χ1v) is 5.57. The van der Waals surface area contributed by atoms with Crippen LogP contribution in [-0.2, 0) is 0 Å². The van der Waals surface area contributed by atoms with E-state index in [1.54, 1.807) is 0 Å². The van der Waals surface area contributed by atoms with E-state index in [2.05, 4.69) is 5.16 Å². The van der Waals surface area contributed by atoms with Gasteiger partial charge < -0.3 is 5.21 Å². The van der Waals surface area contributed by atoms with Crippen molar-refractivity contribution in [1.82, 2.24) is 0 Å². The number of hydrogen-bond acceptors (Lipinski definition) is 6. The van der Waals surface area contributed by atoms with Crippen molar-refractivity contribution in [1.29, 1.82) is 0 Å². The van der Waals surface area contributed by atoms with Gasteiger partial charge in [0.1, 0.15) is 0 Å². The minimum absolute atomic E-state index is 0.0656. The number of rotatable bonds is 4. The summed E-state index contributed by atoms with van der Waals surface area (Å²) in [5.41, 5.74) is 0.594. The van der Waals surface area contributed by atoms with E-state index < -0.39 is 4.92 Å². The Labute approximate surface area is 88.6 Å². The van der Waals surface area contributed by atoms with Gasteiger partial charge in [-0.25, -0.2) is 0 Å². The Morgan fingerprint density at radius 1 is 1.86 bits per heavy atom. The second kappa shape index (κ2) is 4.97. The third kappa shape index (κ3) is 2.46. The smallest absolute Gasteiger partial charge is 0.325 e. The van der Waals surface area contributed by atoms with Gasteiger partial charge in [-0.3, -0.25) is 10.1 Å². The molecule has 1 N–H and O–H groups in total. The van der Waals surface area contributed by atoms with E-state index in [1.807, 2.05) is 6.92 Å². The molecule has 0 aromatic carbocycles. The van der Waals surface area contributed by atoms with Gasteiger partial charge >= 0.3 is 5.00 Å². The Balaban J connectivity index is 3.05. The van der Waals surface area contributed by atoms with Crippen LogP contribution in [0.25, 0.3) is 0 Å². The molecule has 1 heterocycles. The first-order valence-electron chi connectivity index (χ1n) is 3.77. The molecule has 1 aromatic heterocycles. The highest BCUT2D eigenvalue weighted by molar-refractivity contribution is 8.01. The molecule has 1 rings (SSSR count). The fourth-order valence-electron chi connectivity index (χ4n) is 0.861. The lowest BCUT2D eigenvalue weighted by atomic mass is 10.4. The van der Waals surface area contributed by atoms with Crippen LogP contribution in [0, 0.1) is 10.1 Å². The standard InChI is InChI=1S/C7H8N2O3S2/c1-2-13-7-5(4-8-10)3-6(14-7)9(11)12/h3-4,10H,2H2,1H3/b8-4+. The van der Waals surface area contributed by atoms with Crippen LogP contribution in [0.4, 0.5) is 5.00 Å². The van der Waals surface area contributed by atoms with E-state index in [1.165, 1.54) is 24.0 Å². The average molecular weight is 232 g/mol. The van der Waals surface area contributed by atoms with Crippen molar-refractivity contribution >= 4 is 34.3 Å². The van der Waals surface area contributed by atoms with E-state index in [0.717, 1.165) is 21.3 Å². The molecule has 14 heavy (non-hydrogen) atoms. The highest BCUT2D eigenvalue weighted by Crippen LogP contribution is 2.35. The molecule has 0 saturated heterocycles. The van der Waals surface area contributed by atoms with E-state index in [0.29, 0.717) is 5.56 Å². The maximum Gasteiger partial charge on any atom is 0.325 e. The zero-order valence-electron chi connectivity index (χ0n) is 7.34. The molecule has 0 saturated carbocycles. The Morgan fingerprint density at radius 3 is 3.07 bits per heavy atom. The first kappa shape index (κ1) is 11.0. The summed E-state index contributed by atoms with van der Waals surface area (Å²) in [6, 6.07) is 1.41. The summed E-state index contributed by atoms with van der Waals surface area (Å²) >= 11 is 2.59. The third-order valence-electron chi connectivity index (χ3n) is 1.36. The summed E-state index contributed by atoms with van der Waals surface area (Å²) in [5, 5.41) is 21.8. The summed E-state index contributed by atoms with van der Waals surface area (Å²) in [7, 11) is 0. The van der Waals surface area contributed by atoms with E-state index in [9.17, 15) is 10.1 Å². The number of oxime groups is 1. The SMILES string of the molecule is CCSc1sc([N+](=O)[O-])cc1/C=N/O. The Morgan fingerprint density at radius 2 is 2.57 bits per heavy atom. The molecule has 0 aliphatic rings. The average Bonchev–Trinajstić information content (AvgIpc) is 2.50. The van der Waals surface area contributed by atoms with Gasteiger partial charge in [0.15, 0.2) is 0 Å². The highest BCUT2D eigenvalue weighted by atomic mass is 32.2. The highest BCUT2D eigenvalue weighted by Gasteiger charge is 2.15. The molecule has 0 atom stereocenters. The molecule has 0 radical (unpaired) electrons. The van der Waals surface area contributed by atoms with Crippen molar-refractivity contribution in [3.05, 3.63) is 21.7 Å². The fraction of sp³-hybridized carbons (Fsp3) is 0.286. The van der Waals surface area contributed by atoms with Crippen molar-refractivity contribution in [3.8, 4) is 0 Å². The van der Waals surface area contributed by atoms with E-state index >= 15 is 0 Å². The van der Waals surface area contributed by atoms with Crippen molar-refractivity contribution in [2.24, 2.45) is 5.16 Å². The van der Waals surface area contributed by atoms with Gasteiger partial charge in [0, 0.05) is 11.6 Å². The Bertz CT molecular complexity index is 362. The summed E-state index contributed by atoms with van der Waals surface area (Å²) in [6.45, 7) is 1.95. The normalized spacial score (nSPS) is 10.9. The van der Waals surface area contributed by atoms with Gasteiger partial charge in [-0.15, -0.1) is 11.8 Å². The lowest BCUT2D eigenvalue weighted by Gasteiger charge is -1.92. The zero-order chi connectivity index (χ0) is 10.6. The second-order valence-electron chi connectivity index (χ2n) is 2.26. The van der Waals surface area contributed by atoms with Gasteiger partial charge in [0.05, 0.1) is 15.3 Å². The molecule has 76 valence electrons. The van der Waals surface area contributed by atoms with Crippen LogP contribution in [0.3, 0.4) is 0 Å². The predicted octanol–water partition coefficient (Wildman–Crippen LogP) is 2.58. The topological polar surface area (TPSA) is 75.7 Å². The quantitative estimate of drug-likeness (QED) is 0.284. The number of hydrogen-bond donors (Lipinski definition) is 1. The number of thioether (sulfide) groups is 1. The maximum atomic E-state index is 10.5. The van der Waals surface area contributed by atoms with Crippen molar-refractivity contribution < 1.29 is 10.1 Å². The summed E-state index contributed by atoms with van der Waals surface area (Å²) in [5.74, 6) is 0.823. The van der Waals surface area contributed by atoms with Crippen LogP contribution in [0.5, 0.6) is 0 Å². The van der Waals surface area contributed by atoms with Gasteiger partial charge in [0.25, 0.3) is 0 Å². The third-order valence-corrected chi connectivity index (χ3v) is 3.65. The minimum Gasteiger partial charge on any atom is -0.411 e. The lowest BCUT2D eigenvalue weighted by molar-refractivity contribution is -0.380. The molecule has 7 heteroatoms. The fourth-order valence-corrected chi connectivity index (χ4v) is 2.93. The number of thiophene rings is 1. The molecular formula is C7H8N2O3S2. The largest absolute Gasteiger partial charge is 0.411 e. The monoisotopic (exact) mass is 232 g/mol.